The number of sulfonamides is 1. The molecular weight excluding hydrogens is 438 g/mol. The predicted molar refractivity (Wildman–Crippen MR) is 131 cm³/mol. The van der Waals surface area contributed by atoms with Crippen LogP contribution in [0.15, 0.2) is 65.6 Å². The van der Waals surface area contributed by atoms with Crippen LogP contribution in [0.1, 0.15) is 31.2 Å². The van der Waals surface area contributed by atoms with Crippen LogP contribution in [-0.2, 0) is 14.8 Å². The van der Waals surface area contributed by atoms with Gasteiger partial charge < -0.3 is 10.6 Å². The third kappa shape index (κ3) is 6.29. The molecule has 9 heteroatoms. The average molecular weight is 468 g/mol. The molecule has 0 bridgehead atoms. The van der Waals surface area contributed by atoms with Crippen LogP contribution >= 0.6 is 0 Å². The molecule has 0 fully saturated rings. The summed E-state index contributed by atoms with van der Waals surface area (Å²) < 4.78 is 28.1. The van der Waals surface area contributed by atoms with Crippen LogP contribution in [0.3, 0.4) is 0 Å². The van der Waals surface area contributed by atoms with E-state index in [1.807, 2.05) is 26.0 Å². The first-order chi connectivity index (χ1) is 15.8. The number of aryl methyl sites for hydroxylation is 2. The van der Waals surface area contributed by atoms with Gasteiger partial charge in [-0.15, -0.1) is 0 Å². The molecule has 0 aliphatic heterocycles. The molecule has 0 atom stereocenters. The molecule has 8 nitrogen and oxygen atoms in total. The van der Waals surface area contributed by atoms with Crippen LogP contribution in [0.25, 0.3) is 0 Å². The Morgan fingerprint density at radius 1 is 0.970 bits per heavy atom. The van der Waals surface area contributed by atoms with E-state index in [2.05, 4.69) is 20.6 Å². The average Bonchev–Trinajstić information content (AvgIpc) is 2.77. The number of carbonyl (C=O) groups excluding carboxylic acids is 1. The van der Waals surface area contributed by atoms with E-state index in [1.165, 1.54) is 10.4 Å². The molecule has 0 saturated heterocycles. The van der Waals surface area contributed by atoms with Gasteiger partial charge in [-0.05, 0) is 57.5 Å². The van der Waals surface area contributed by atoms with Crippen molar-refractivity contribution in [3.05, 3.63) is 72.1 Å². The van der Waals surface area contributed by atoms with E-state index in [4.69, 9.17) is 0 Å². The molecule has 0 aliphatic rings. The van der Waals surface area contributed by atoms with Gasteiger partial charge in [0.1, 0.15) is 4.90 Å². The third-order valence-electron chi connectivity index (χ3n) is 4.91. The summed E-state index contributed by atoms with van der Waals surface area (Å²) >= 11 is 0. The van der Waals surface area contributed by atoms with E-state index >= 15 is 0 Å². The van der Waals surface area contributed by atoms with E-state index in [0.29, 0.717) is 24.6 Å². The van der Waals surface area contributed by atoms with Gasteiger partial charge in [0.15, 0.2) is 0 Å². The normalized spacial score (nSPS) is 11.1. The summed E-state index contributed by atoms with van der Waals surface area (Å²) in [5, 5.41) is 5.88. The fourth-order valence-electron chi connectivity index (χ4n) is 3.47. The molecule has 0 spiro atoms. The second-order valence-electron chi connectivity index (χ2n) is 7.55. The number of hydrogen-bond donors (Lipinski definition) is 2. The number of hydrogen-bond acceptors (Lipinski definition) is 6. The number of carbonyl (C=O) groups is 1. The number of anilines is 3. The minimum absolute atomic E-state index is 0.0609. The van der Waals surface area contributed by atoms with Gasteiger partial charge >= 0.3 is 0 Å². The van der Waals surface area contributed by atoms with Crippen LogP contribution < -0.4 is 14.9 Å². The molecule has 1 amide bonds. The standard InChI is InChI=1S/C24H29N5O3S/c1-4-29(20-11-6-5-7-12-20)33(31,32)22-14-9-8-13-21(22)28-23(30)15-10-16-25-24-26-18(2)17-19(3)27-24/h5-9,11-14,17H,4,10,15-16H2,1-3H3,(H,28,30)(H,25,26,27). The van der Waals surface area contributed by atoms with Crippen LogP contribution in [0.5, 0.6) is 0 Å². The Morgan fingerprint density at radius 2 is 1.61 bits per heavy atom. The van der Waals surface area contributed by atoms with Gasteiger partial charge in [-0.25, -0.2) is 18.4 Å². The molecule has 174 valence electrons. The smallest absolute Gasteiger partial charge is 0.266 e. The largest absolute Gasteiger partial charge is 0.354 e. The first-order valence-corrected chi connectivity index (χ1v) is 12.3. The van der Waals surface area contributed by atoms with Crippen LogP contribution in [0.2, 0.25) is 0 Å². The topological polar surface area (TPSA) is 104 Å². The van der Waals surface area contributed by atoms with Crippen LogP contribution in [0, 0.1) is 13.8 Å². The Hall–Kier alpha value is -3.46. The zero-order chi connectivity index (χ0) is 23.8. The number of amides is 1. The fraction of sp³-hybridized carbons (Fsp3) is 0.292. The van der Waals surface area contributed by atoms with Crippen molar-refractivity contribution >= 4 is 33.3 Å². The molecular formula is C24H29N5O3S. The van der Waals surface area contributed by atoms with Crippen molar-refractivity contribution in [2.24, 2.45) is 0 Å². The molecule has 1 aromatic heterocycles. The van der Waals surface area contributed by atoms with Crippen molar-refractivity contribution in [3.8, 4) is 0 Å². The van der Waals surface area contributed by atoms with Crippen molar-refractivity contribution in [1.29, 1.82) is 0 Å². The summed E-state index contributed by atoms with van der Waals surface area (Å²) in [4.78, 5) is 21.2. The quantitative estimate of drug-likeness (QED) is 0.434. The van der Waals surface area contributed by atoms with Gasteiger partial charge in [0, 0.05) is 30.9 Å². The summed E-state index contributed by atoms with van der Waals surface area (Å²) in [6.45, 7) is 6.36. The SMILES string of the molecule is CCN(c1ccccc1)S(=O)(=O)c1ccccc1NC(=O)CCCNc1nc(C)cc(C)n1. The molecule has 0 unspecified atom stereocenters. The predicted octanol–water partition coefficient (Wildman–Crippen LogP) is 4.14. The monoisotopic (exact) mass is 467 g/mol. The molecule has 1 heterocycles. The first-order valence-electron chi connectivity index (χ1n) is 10.8. The Labute approximate surface area is 195 Å². The van der Waals surface area contributed by atoms with E-state index in [0.717, 1.165) is 11.4 Å². The lowest BCUT2D eigenvalue weighted by molar-refractivity contribution is -0.116. The van der Waals surface area contributed by atoms with Crippen molar-refractivity contribution in [2.45, 2.75) is 38.5 Å². The van der Waals surface area contributed by atoms with Crippen LogP contribution in [0.4, 0.5) is 17.3 Å². The molecule has 0 saturated carbocycles. The maximum Gasteiger partial charge on any atom is 0.266 e. The highest BCUT2D eigenvalue weighted by Crippen LogP contribution is 2.28. The highest BCUT2D eigenvalue weighted by molar-refractivity contribution is 7.93. The summed E-state index contributed by atoms with van der Waals surface area (Å²) in [5.74, 6) is 0.272. The fourth-order valence-corrected chi connectivity index (χ4v) is 5.09. The van der Waals surface area contributed by atoms with Gasteiger partial charge in [0.2, 0.25) is 11.9 Å². The van der Waals surface area contributed by atoms with E-state index in [-0.39, 0.29) is 29.5 Å². The second kappa shape index (κ2) is 10.9. The Kier molecular flexibility index (Phi) is 8.00. The first kappa shape index (κ1) is 24.2. The molecule has 3 aromatic rings. The van der Waals surface area contributed by atoms with Crippen molar-refractivity contribution in [3.63, 3.8) is 0 Å². The van der Waals surface area contributed by atoms with Crippen molar-refractivity contribution in [2.75, 3.05) is 28.0 Å². The summed E-state index contributed by atoms with van der Waals surface area (Å²) in [7, 11) is -3.86. The van der Waals surface area contributed by atoms with E-state index in [9.17, 15) is 13.2 Å². The minimum Gasteiger partial charge on any atom is -0.354 e. The molecule has 2 N–H and O–H groups in total. The molecule has 3 rings (SSSR count). The van der Waals surface area contributed by atoms with Crippen LogP contribution in [-0.4, -0.2) is 37.4 Å². The lowest BCUT2D eigenvalue weighted by Crippen LogP contribution is -2.31. The molecule has 33 heavy (non-hydrogen) atoms. The Morgan fingerprint density at radius 3 is 2.27 bits per heavy atom. The lowest BCUT2D eigenvalue weighted by Gasteiger charge is -2.24. The molecule has 0 radical (unpaired) electrons. The van der Waals surface area contributed by atoms with Crippen molar-refractivity contribution < 1.29 is 13.2 Å². The second-order valence-corrected chi connectivity index (χ2v) is 9.39. The maximum absolute atomic E-state index is 13.4. The van der Waals surface area contributed by atoms with Gasteiger partial charge in [-0.3, -0.25) is 9.10 Å². The van der Waals surface area contributed by atoms with E-state index < -0.39 is 10.0 Å². The lowest BCUT2D eigenvalue weighted by atomic mass is 10.2. The highest BCUT2D eigenvalue weighted by Gasteiger charge is 2.26. The van der Waals surface area contributed by atoms with Gasteiger partial charge in [-0.2, -0.15) is 0 Å². The minimum atomic E-state index is -3.86. The van der Waals surface area contributed by atoms with Gasteiger partial charge in [0.05, 0.1) is 11.4 Å². The van der Waals surface area contributed by atoms with Gasteiger partial charge in [-0.1, -0.05) is 30.3 Å². The van der Waals surface area contributed by atoms with Gasteiger partial charge in [0.25, 0.3) is 10.0 Å². The number of nitrogens with one attached hydrogen (secondary N) is 2. The Balaban J connectivity index is 1.65. The summed E-state index contributed by atoms with van der Waals surface area (Å²) in [6.07, 6.45) is 0.768. The summed E-state index contributed by atoms with van der Waals surface area (Å²) in [6, 6.07) is 17.3. The number of para-hydroxylation sites is 2. The highest BCUT2D eigenvalue weighted by atomic mass is 32.2. The number of aromatic nitrogens is 2. The number of nitrogens with zero attached hydrogens (tertiary/aromatic N) is 3. The summed E-state index contributed by atoms with van der Waals surface area (Å²) in [5.41, 5.74) is 2.58. The number of benzene rings is 2. The zero-order valence-corrected chi connectivity index (χ0v) is 19.9. The zero-order valence-electron chi connectivity index (χ0n) is 19.1. The maximum atomic E-state index is 13.4. The Bertz CT molecular complexity index is 1180. The third-order valence-corrected chi connectivity index (χ3v) is 6.87. The number of rotatable bonds is 10. The molecule has 0 aliphatic carbocycles. The molecule has 2 aromatic carbocycles. The van der Waals surface area contributed by atoms with E-state index in [1.54, 1.807) is 49.4 Å². The van der Waals surface area contributed by atoms with Crippen molar-refractivity contribution in [1.82, 2.24) is 9.97 Å².